The highest BCUT2D eigenvalue weighted by Gasteiger charge is 2.23. The highest BCUT2D eigenvalue weighted by molar-refractivity contribution is 9.10. The smallest absolute Gasteiger partial charge is 0.325 e. The molecule has 2 aromatic carbocycles. The second kappa shape index (κ2) is 10.7. The molecule has 0 bridgehead atoms. The Morgan fingerprint density at radius 2 is 1.37 bits per heavy atom. The Morgan fingerprint density at radius 3 is 1.80 bits per heavy atom. The lowest BCUT2D eigenvalue weighted by atomic mass is 10.1. The first-order valence-corrected chi connectivity index (χ1v) is 9.65. The van der Waals surface area contributed by atoms with E-state index in [1.54, 1.807) is 30.3 Å². The fraction of sp³-hybridized carbons (Fsp3) is 0.333. The van der Waals surface area contributed by atoms with Gasteiger partial charge in [0.15, 0.2) is 0 Å². The number of carbonyl (C=O) groups excluding carboxylic acids is 2. The third-order valence-corrected chi connectivity index (χ3v) is 5.09. The zero-order chi connectivity index (χ0) is 22.3. The van der Waals surface area contributed by atoms with Crippen LogP contribution in [0.25, 0.3) is 0 Å². The second-order valence-electron chi connectivity index (χ2n) is 6.15. The summed E-state index contributed by atoms with van der Waals surface area (Å²) in [4.78, 5) is 26.6. The van der Waals surface area contributed by atoms with Gasteiger partial charge in [0.05, 0.1) is 35.5 Å². The molecule has 0 unspecified atom stereocenters. The number of ether oxygens (including phenoxy) is 5. The number of amides is 1. The molecular weight excluding hydrogens is 458 g/mol. The van der Waals surface area contributed by atoms with Gasteiger partial charge in [0.25, 0.3) is 5.91 Å². The SMILES string of the molecule is COC(=O)CN(Cc1cc(OC)cc(OC)c1)C(=O)c1cc(OC)c(Br)c(OC)c1. The van der Waals surface area contributed by atoms with Gasteiger partial charge in [-0.2, -0.15) is 0 Å². The average molecular weight is 482 g/mol. The summed E-state index contributed by atoms with van der Waals surface area (Å²) in [6.45, 7) is -0.113. The van der Waals surface area contributed by atoms with Crippen LogP contribution in [-0.2, 0) is 16.1 Å². The van der Waals surface area contributed by atoms with E-state index in [0.29, 0.717) is 33.0 Å². The summed E-state index contributed by atoms with van der Waals surface area (Å²) in [6, 6.07) is 8.41. The van der Waals surface area contributed by atoms with Gasteiger partial charge in [-0.25, -0.2) is 0 Å². The van der Waals surface area contributed by atoms with E-state index in [0.717, 1.165) is 5.56 Å². The summed E-state index contributed by atoms with van der Waals surface area (Å²) < 4.78 is 26.6. The largest absolute Gasteiger partial charge is 0.497 e. The predicted octanol–water partition coefficient (Wildman–Crippen LogP) is 3.30. The van der Waals surface area contributed by atoms with Gasteiger partial charge in [0.1, 0.15) is 34.0 Å². The Morgan fingerprint density at radius 1 is 0.833 bits per heavy atom. The molecule has 9 heteroatoms. The van der Waals surface area contributed by atoms with E-state index in [2.05, 4.69) is 15.9 Å². The number of hydrogen-bond acceptors (Lipinski definition) is 7. The number of hydrogen-bond donors (Lipinski definition) is 0. The van der Waals surface area contributed by atoms with Gasteiger partial charge in [-0.1, -0.05) is 0 Å². The Balaban J connectivity index is 2.44. The van der Waals surface area contributed by atoms with Gasteiger partial charge < -0.3 is 28.6 Å². The normalized spacial score (nSPS) is 10.2. The van der Waals surface area contributed by atoms with Gasteiger partial charge in [-0.3, -0.25) is 9.59 Å². The molecular formula is C21H24BrNO7. The monoisotopic (exact) mass is 481 g/mol. The van der Waals surface area contributed by atoms with Crippen molar-refractivity contribution >= 4 is 27.8 Å². The van der Waals surface area contributed by atoms with Crippen molar-refractivity contribution in [3.8, 4) is 23.0 Å². The Labute approximate surface area is 183 Å². The molecule has 8 nitrogen and oxygen atoms in total. The molecule has 0 saturated carbocycles. The zero-order valence-corrected chi connectivity index (χ0v) is 19.1. The van der Waals surface area contributed by atoms with E-state index in [9.17, 15) is 9.59 Å². The van der Waals surface area contributed by atoms with Gasteiger partial charge in [-0.15, -0.1) is 0 Å². The molecule has 1 amide bonds. The predicted molar refractivity (Wildman–Crippen MR) is 114 cm³/mol. The van der Waals surface area contributed by atoms with E-state index < -0.39 is 11.9 Å². The van der Waals surface area contributed by atoms with Crippen LogP contribution in [0.15, 0.2) is 34.8 Å². The van der Waals surface area contributed by atoms with E-state index in [1.807, 2.05) is 0 Å². The molecule has 0 saturated heterocycles. The Bertz CT molecular complexity index is 869. The fourth-order valence-electron chi connectivity index (χ4n) is 2.77. The number of nitrogens with zero attached hydrogens (tertiary/aromatic N) is 1. The molecule has 0 aromatic heterocycles. The summed E-state index contributed by atoms with van der Waals surface area (Å²) in [5, 5.41) is 0. The van der Waals surface area contributed by atoms with Crippen LogP contribution in [0.3, 0.4) is 0 Å². The molecule has 0 fully saturated rings. The number of esters is 1. The molecule has 2 rings (SSSR count). The first-order chi connectivity index (χ1) is 14.4. The molecule has 0 aliphatic carbocycles. The van der Waals surface area contributed by atoms with Crippen LogP contribution in [-0.4, -0.2) is 58.9 Å². The lowest BCUT2D eigenvalue weighted by Gasteiger charge is -2.23. The number of methoxy groups -OCH3 is 5. The van der Waals surface area contributed by atoms with E-state index in [1.165, 1.54) is 40.4 Å². The van der Waals surface area contributed by atoms with E-state index in [4.69, 9.17) is 23.7 Å². The third kappa shape index (κ3) is 5.56. The highest BCUT2D eigenvalue weighted by Crippen LogP contribution is 2.36. The van der Waals surface area contributed by atoms with Gasteiger partial charge >= 0.3 is 5.97 Å². The summed E-state index contributed by atoms with van der Waals surface area (Å²) in [5.41, 5.74) is 1.02. The summed E-state index contributed by atoms with van der Waals surface area (Å²) in [7, 11) is 7.32. The van der Waals surface area contributed by atoms with E-state index in [-0.39, 0.29) is 13.1 Å². The van der Waals surface area contributed by atoms with Crippen LogP contribution in [0.5, 0.6) is 23.0 Å². The van der Waals surface area contributed by atoms with Crippen molar-refractivity contribution < 1.29 is 33.3 Å². The molecule has 162 valence electrons. The molecule has 30 heavy (non-hydrogen) atoms. The molecule has 0 atom stereocenters. The van der Waals surface area contributed by atoms with Gasteiger partial charge in [0, 0.05) is 18.2 Å². The first kappa shape index (κ1) is 23.3. The lowest BCUT2D eigenvalue weighted by molar-refractivity contribution is -0.141. The summed E-state index contributed by atoms with van der Waals surface area (Å²) in [5.74, 6) is 1.06. The quantitative estimate of drug-likeness (QED) is 0.508. The molecule has 0 radical (unpaired) electrons. The number of carbonyl (C=O) groups is 2. The van der Waals surface area contributed by atoms with Crippen molar-refractivity contribution in [3.63, 3.8) is 0 Å². The Kier molecular flexibility index (Phi) is 8.35. The van der Waals surface area contributed by atoms with Crippen LogP contribution in [0.4, 0.5) is 0 Å². The molecule has 0 heterocycles. The minimum absolute atomic E-state index is 0.127. The topological polar surface area (TPSA) is 83.5 Å². The zero-order valence-electron chi connectivity index (χ0n) is 17.5. The van der Waals surface area contributed by atoms with Crippen LogP contribution in [0.1, 0.15) is 15.9 Å². The van der Waals surface area contributed by atoms with Gasteiger partial charge in [-0.05, 0) is 45.8 Å². The van der Waals surface area contributed by atoms with Crippen molar-refractivity contribution in [3.05, 3.63) is 45.9 Å². The van der Waals surface area contributed by atoms with Crippen LogP contribution >= 0.6 is 15.9 Å². The van der Waals surface area contributed by atoms with Crippen molar-refractivity contribution in [2.24, 2.45) is 0 Å². The van der Waals surface area contributed by atoms with Crippen LogP contribution in [0.2, 0.25) is 0 Å². The maximum atomic E-state index is 13.3. The van der Waals surface area contributed by atoms with Gasteiger partial charge in [0.2, 0.25) is 0 Å². The standard InChI is InChI=1S/C21H24BrNO7/c1-26-15-6-13(7-16(10-15)27-2)11-23(12-19(24)30-5)21(25)14-8-17(28-3)20(22)18(9-14)29-4/h6-10H,11-12H2,1-5H3. The number of halogens is 1. The summed E-state index contributed by atoms with van der Waals surface area (Å²) >= 11 is 3.38. The Hall–Kier alpha value is -2.94. The first-order valence-electron chi connectivity index (χ1n) is 8.86. The summed E-state index contributed by atoms with van der Waals surface area (Å²) in [6.07, 6.45) is 0. The third-order valence-electron chi connectivity index (χ3n) is 4.31. The van der Waals surface area contributed by atoms with E-state index >= 15 is 0 Å². The molecule has 2 aromatic rings. The lowest BCUT2D eigenvalue weighted by Crippen LogP contribution is -2.35. The van der Waals surface area contributed by atoms with Crippen LogP contribution < -0.4 is 18.9 Å². The maximum Gasteiger partial charge on any atom is 0.325 e. The maximum absolute atomic E-state index is 13.3. The molecule has 0 aliphatic heterocycles. The molecule has 0 aliphatic rings. The van der Waals surface area contributed by atoms with Crippen molar-refractivity contribution in [2.45, 2.75) is 6.54 Å². The van der Waals surface area contributed by atoms with Crippen molar-refractivity contribution in [1.29, 1.82) is 0 Å². The number of rotatable bonds is 9. The van der Waals surface area contributed by atoms with Crippen molar-refractivity contribution in [1.82, 2.24) is 4.90 Å². The minimum Gasteiger partial charge on any atom is -0.497 e. The molecule has 0 spiro atoms. The average Bonchev–Trinajstić information content (AvgIpc) is 2.77. The second-order valence-corrected chi connectivity index (χ2v) is 6.95. The van der Waals surface area contributed by atoms with Crippen molar-refractivity contribution in [2.75, 3.05) is 42.1 Å². The number of benzene rings is 2. The minimum atomic E-state index is -0.547. The highest BCUT2D eigenvalue weighted by atomic mass is 79.9. The molecule has 0 N–H and O–H groups in total. The van der Waals surface area contributed by atoms with Crippen LogP contribution in [0, 0.1) is 0 Å². The fourth-order valence-corrected chi connectivity index (χ4v) is 3.33.